The van der Waals surface area contributed by atoms with Crippen LogP contribution in [-0.4, -0.2) is 42.3 Å². The van der Waals surface area contributed by atoms with Crippen molar-refractivity contribution in [2.45, 2.75) is 24.6 Å². The number of fused-ring (bicyclic) bond motifs is 1. The lowest BCUT2D eigenvalue weighted by Crippen LogP contribution is -2.37. The SMILES string of the molecule is Cc1cccc(CC(=O)N=C2S[C@@H]3CS(=O)(=O)C[C@@H]3N2c2ccc(Cl)cc2)c1. The molecule has 0 saturated carbocycles. The highest BCUT2D eigenvalue weighted by Gasteiger charge is 2.49. The van der Waals surface area contributed by atoms with Gasteiger partial charge in [0.1, 0.15) is 0 Å². The molecule has 0 aromatic heterocycles. The van der Waals surface area contributed by atoms with E-state index in [-0.39, 0.29) is 35.1 Å². The quantitative estimate of drug-likeness (QED) is 0.739. The van der Waals surface area contributed by atoms with Crippen LogP contribution in [0.2, 0.25) is 5.02 Å². The molecule has 2 fully saturated rings. The zero-order chi connectivity index (χ0) is 19.9. The largest absolute Gasteiger partial charge is 0.316 e. The number of carbonyl (C=O) groups excluding carboxylic acids is 1. The molecular weight excluding hydrogens is 416 g/mol. The molecule has 28 heavy (non-hydrogen) atoms. The standard InChI is InChI=1S/C20H19ClN2O3S2/c1-13-3-2-4-14(9-13)10-19(24)22-20-23(16-7-5-15(21)6-8-16)17-11-28(25,26)12-18(17)27-20/h2-9,17-18H,10-12H2,1H3/t17-,18+/m0/s1. The number of nitrogens with zero attached hydrogens (tertiary/aromatic N) is 2. The van der Waals surface area contributed by atoms with Crippen LogP contribution < -0.4 is 4.90 Å². The average Bonchev–Trinajstić information content (AvgIpc) is 3.06. The number of aryl methyl sites for hydroxylation is 1. The monoisotopic (exact) mass is 434 g/mol. The lowest BCUT2D eigenvalue weighted by atomic mass is 10.1. The first kappa shape index (κ1) is 19.5. The third-order valence-corrected chi connectivity index (χ3v) is 8.29. The average molecular weight is 435 g/mol. The van der Waals surface area contributed by atoms with E-state index >= 15 is 0 Å². The fraction of sp³-hybridized carbons (Fsp3) is 0.300. The van der Waals surface area contributed by atoms with Crippen LogP contribution >= 0.6 is 23.4 Å². The number of anilines is 1. The van der Waals surface area contributed by atoms with Gasteiger partial charge in [0.05, 0.1) is 24.0 Å². The van der Waals surface area contributed by atoms with Gasteiger partial charge in [0, 0.05) is 16.0 Å². The minimum atomic E-state index is -3.09. The van der Waals surface area contributed by atoms with Crippen molar-refractivity contribution in [2.24, 2.45) is 4.99 Å². The molecule has 0 aliphatic carbocycles. The Kier molecular flexibility index (Phi) is 5.24. The normalized spacial score (nSPS) is 24.5. The molecule has 0 N–H and O–H groups in total. The molecule has 146 valence electrons. The summed E-state index contributed by atoms with van der Waals surface area (Å²) in [6.07, 6.45) is 0.216. The molecule has 4 rings (SSSR count). The first-order chi connectivity index (χ1) is 13.3. The molecule has 2 aromatic carbocycles. The number of sulfone groups is 1. The number of aliphatic imine (C=N–C) groups is 1. The highest BCUT2D eigenvalue weighted by atomic mass is 35.5. The Morgan fingerprint density at radius 3 is 2.68 bits per heavy atom. The molecule has 2 aliphatic rings. The molecular formula is C20H19ClN2O3S2. The van der Waals surface area contributed by atoms with Crippen LogP contribution in [0.4, 0.5) is 5.69 Å². The molecule has 0 spiro atoms. The molecule has 2 aliphatic heterocycles. The molecule has 2 saturated heterocycles. The first-order valence-corrected chi connectivity index (χ1v) is 12.0. The Hall–Kier alpha value is -1.83. The number of amides is 1. The van der Waals surface area contributed by atoms with E-state index in [9.17, 15) is 13.2 Å². The summed E-state index contributed by atoms with van der Waals surface area (Å²) in [5.74, 6) is -0.0644. The van der Waals surface area contributed by atoms with Crippen molar-refractivity contribution in [3.63, 3.8) is 0 Å². The predicted molar refractivity (Wildman–Crippen MR) is 115 cm³/mol. The molecule has 0 bridgehead atoms. The topological polar surface area (TPSA) is 66.8 Å². The van der Waals surface area contributed by atoms with Crippen molar-refractivity contribution >= 4 is 50.0 Å². The maximum Gasteiger partial charge on any atom is 0.252 e. The number of hydrogen-bond donors (Lipinski definition) is 0. The van der Waals surface area contributed by atoms with Crippen LogP contribution in [0.25, 0.3) is 0 Å². The Labute approximate surface area is 173 Å². The van der Waals surface area contributed by atoms with Gasteiger partial charge in [-0.2, -0.15) is 4.99 Å². The Morgan fingerprint density at radius 1 is 1.21 bits per heavy atom. The van der Waals surface area contributed by atoms with Gasteiger partial charge in [-0.15, -0.1) is 0 Å². The van der Waals surface area contributed by atoms with Gasteiger partial charge >= 0.3 is 0 Å². The third-order valence-electron chi connectivity index (χ3n) is 4.83. The number of carbonyl (C=O) groups is 1. The summed E-state index contributed by atoms with van der Waals surface area (Å²) < 4.78 is 24.2. The van der Waals surface area contributed by atoms with E-state index in [4.69, 9.17) is 11.6 Å². The smallest absolute Gasteiger partial charge is 0.252 e. The lowest BCUT2D eigenvalue weighted by molar-refractivity contribution is -0.117. The Balaban J connectivity index is 1.63. The molecule has 5 nitrogen and oxygen atoms in total. The van der Waals surface area contributed by atoms with Crippen molar-refractivity contribution < 1.29 is 13.2 Å². The highest BCUT2D eigenvalue weighted by molar-refractivity contribution is 8.16. The summed E-state index contributed by atoms with van der Waals surface area (Å²) in [6, 6.07) is 14.7. The van der Waals surface area contributed by atoms with Crippen molar-refractivity contribution in [2.75, 3.05) is 16.4 Å². The second-order valence-electron chi connectivity index (χ2n) is 7.10. The van der Waals surface area contributed by atoms with E-state index in [2.05, 4.69) is 4.99 Å². The van der Waals surface area contributed by atoms with Gasteiger partial charge in [0.25, 0.3) is 5.91 Å². The molecule has 8 heteroatoms. The van der Waals surface area contributed by atoms with E-state index < -0.39 is 9.84 Å². The van der Waals surface area contributed by atoms with Gasteiger partial charge in [0.2, 0.25) is 0 Å². The zero-order valence-electron chi connectivity index (χ0n) is 15.2. The molecule has 0 unspecified atom stereocenters. The fourth-order valence-corrected chi connectivity index (χ4v) is 7.67. The Bertz CT molecular complexity index is 1050. The molecule has 1 amide bonds. The predicted octanol–water partition coefficient (Wildman–Crippen LogP) is 3.49. The Morgan fingerprint density at radius 2 is 1.96 bits per heavy atom. The fourth-order valence-electron chi connectivity index (χ4n) is 3.61. The summed E-state index contributed by atoms with van der Waals surface area (Å²) in [7, 11) is -3.09. The van der Waals surface area contributed by atoms with E-state index in [1.165, 1.54) is 11.8 Å². The van der Waals surface area contributed by atoms with E-state index in [0.717, 1.165) is 16.8 Å². The van der Waals surface area contributed by atoms with E-state index in [1.54, 1.807) is 12.1 Å². The van der Waals surface area contributed by atoms with Crippen molar-refractivity contribution in [1.82, 2.24) is 0 Å². The van der Waals surface area contributed by atoms with Gasteiger partial charge in [-0.1, -0.05) is 53.2 Å². The van der Waals surface area contributed by atoms with Gasteiger partial charge < -0.3 is 4.90 Å². The van der Waals surface area contributed by atoms with Crippen molar-refractivity contribution in [3.8, 4) is 0 Å². The van der Waals surface area contributed by atoms with Crippen LogP contribution in [0.5, 0.6) is 0 Å². The summed E-state index contributed by atoms with van der Waals surface area (Å²) in [5.41, 5.74) is 2.80. The summed E-state index contributed by atoms with van der Waals surface area (Å²) >= 11 is 7.37. The maximum atomic E-state index is 12.6. The van der Waals surface area contributed by atoms with Crippen LogP contribution in [0.15, 0.2) is 53.5 Å². The van der Waals surface area contributed by atoms with Crippen LogP contribution in [0.1, 0.15) is 11.1 Å². The summed E-state index contributed by atoms with van der Waals surface area (Å²) in [4.78, 5) is 18.8. The molecule has 2 aromatic rings. The van der Waals surface area contributed by atoms with Gasteiger partial charge in [-0.05, 0) is 36.8 Å². The van der Waals surface area contributed by atoms with Crippen LogP contribution in [0, 0.1) is 6.92 Å². The highest BCUT2D eigenvalue weighted by Crippen LogP contribution is 2.41. The number of benzene rings is 2. The van der Waals surface area contributed by atoms with Gasteiger partial charge in [-0.3, -0.25) is 4.79 Å². The number of halogens is 1. The minimum absolute atomic E-state index is 0.0678. The van der Waals surface area contributed by atoms with Gasteiger partial charge in [-0.25, -0.2) is 8.42 Å². The van der Waals surface area contributed by atoms with Crippen LogP contribution in [0.3, 0.4) is 0 Å². The number of amidine groups is 1. The minimum Gasteiger partial charge on any atom is -0.316 e. The molecule has 0 radical (unpaired) electrons. The lowest BCUT2D eigenvalue weighted by Gasteiger charge is -2.24. The molecule has 2 heterocycles. The van der Waals surface area contributed by atoms with Crippen molar-refractivity contribution in [1.29, 1.82) is 0 Å². The number of rotatable bonds is 3. The first-order valence-electron chi connectivity index (χ1n) is 8.90. The van der Waals surface area contributed by atoms with Crippen LogP contribution in [-0.2, 0) is 21.1 Å². The van der Waals surface area contributed by atoms with Crippen molar-refractivity contribution in [3.05, 3.63) is 64.7 Å². The number of thioether (sulfide) groups is 1. The number of hydrogen-bond acceptors (Lipinski definition) is 4. The summed E-state index contributed by atoms with van der Waals surface area (Å²) in [5, 5.41) is 1.04. The summed E-state index contributed by atoms with van der Waals surface area (Å²) in [6.45, 7) is 1.98. The van der Waals surface area contributed by atoms with Gasteiger partial charge in [0.15, 0.2) is 15.0 Å². The zero-order valence-corrected chi connectivity index (χ0v) is 17.6. The van der Waals surface area contributed by atoms with E-state index in [1.807, 2.05) is 48.2 Å². The second kappa shape index (κ2) is 7.54. The molecule has 2 atom stereocenters. The third kappa shape index (κ3) is 4.11. The second-order valence-corrected chi connectivity index (χ2v) is 10.9. The maximum absolute atomic E-state index is 12.6. The van der Waals surface area contributed by atoms with E-state index in [0.29, 0.717) is 10.2 Å².